The topological polar surface area (TPSA) is 39.4 Å². The molecule has 0 radical (unpaired) electrons. The van der Waals surface area contributed by atoms with Gasteiger partial charge in [0.2, 0.25) is 5.78 Å². The molecular weight excluding hydrogens is 342 g/mol. The van der Waals surface area contributed by atoms with E-state index in [-0.39, 0.29) is 0 Å². The van der Waals surface area contributed by atoms with Crippen LogP contribution in [0.15, 0.2) is 65.5 Å². The van der Waals surface area contributed by atoms with Crippen LogP contribution in [0.25, 0.3) is 16.6 Å². The standard InChI is InChI=1S/C17H12BrN3O/c18-16-14-5-2-1-4-12(14)6-7-15(16)22-11-13-10-21-9-3-8-19-17(21)20-13/h1-10H,11H2. The largest absolute Gasteiger partial charge is 0.486 e. The van der Waals surface area contributed by atoms with E-state index in [9.17, 15) is 0 Å². The van der Waals surface area contributed by atoms with E-state index in [1.165, 1.54) is 5.39 Å². The lowest BCUT2D eigenvalue weighted by molar-refractivity contribution is 0.300. The Morgan fingerprint density at radius 3 is 2.91 bits per heavy atom. The molecule has 0 aliphatic carbocycles. The number of nitrogens with zero attached hydrogens (tertiary/aromatic N) is 3. The highest BCUT2D eigenvalue weighted by atomic mass is 79.9. The zero-order chi connectivity index (χ0) is 14.9. The van der Waals surface area contributed by atoms with Crippen molar-refractivity contribution in [3.05, 3.63) is 71.2 Å². The van der Waals surface area contributed by atoms with E-state index in [0.29, 0.717) is 12.4 Å². The zero-order valence-corrected chi connectivity index (χ0v) is 13.2. The minimum Gasteiger partial charge on any atom is -0.486 e. The molecule has 22 heavy (non-hydrogen) atoms. The van der Waals surface area contributed by atoms with Gasteiger partial charge in [-0.1, -0.05) is 30.3 Å². The summed E-state index contributed by atoms with van der Waals surface area (Å²) in [6.07, 6.45) is 5.58. The van der Waals surface area contributed by atoms with E-state index in [1.54, 1.807) is 6.20 Å². The predicted molar refractivity (Wildman–Crippen MR) is 89.0 cm³/mol. The molecule has 0 amide bonds. The van der Waals surface area contributed by atoms with Crippen molar-refractivity contribution in [1.82, 2.24) is 14.4 Å². The highest BCUT2D eigenvalue weighted by molar-refractivity contribution is 9.10. The van der Waals surface area contributed by atoms with Crippen LogP contribution < -0.4 is 4.74 Å². The third kappa shape index (κ3) is 2.33. The van der Waals surface area contributed by atoms with Gasteiger partial charge in [-0.2, -0.15) is 0 Å². The van der Waals surface area contributed by atoms with Gasteiger partial charge in [0.25, 0.3) is 0 Å². The monoisotopic (exact) mass is 353 g/mol. The molecule has 4 nitrogen and oxygen atoms in total. The number of benzene rings is 2. The predicted octanol–water partition coefficient (Wildman–Crippen LogP) is 4.22. The van der Waals surface area contributed by atoms with Gasteiger partial charge in [-0.15, -0.1) is 0 Å². The van der Waals surface area contributed by atoms with Crippen molar-refractivity contribution in [1.29, 1.82) is 0 Å². The quantitative estimate of drug-likeness (QED) is 0.553. The molecule has 0 N–H and O–H groups in total. The van der Waals surface area contributed by atoms with Gasteiger partial charge in [-0.25, -0.2) is 9.97 Å². The van der Waals surface area contributed by atoms with E-state index >= 15 is 0 Å². The number of imidazole rings is 1. The van der Waals surface area contributed by atoms with Crippen LogP contribution in [0.5, 0.6) is 5.75 Å². The second-order valence-electron chi connectivity index (χ2n) is 4.95. The third-order valence-corrected chi connectivity index (χ3v) is 4.31. The van der Waals surface area contributed by atoms with Crippen LogP contribution in [0.2, 0.25) is 0 Å². The second kappa shape index (κ2) is 5.42. The first kappa shape index (κ1) is 13.3. The van der Waals surface area contributed by atoms with Crippen LogP contribution in [0.3, 0.4) is 0 Å². The Hall–Kier alpha value is -2.40. The summed E-state index contributed by atoms with van der Waals surface area (Å²) in [5.41, 5.74) is 0.846. The number of rotatable bonds is 3. The molecule has 0 saturated heterocycles. The zero-order valence-electron chi connectivity index (χ0n) is 11.6. The summed E-state index contributed by atoms with van der Waals surface area (Å²) in [6, 6.07) is 14.1. The minimum atomic E-state index is 0.403. The molecule has 0 unspecified atom stereocenters. The van der Waals surface area contributed by atoms with Crippen LogP contribution in [0.1, 0.15) is 5.69 Å². The minimum absolute atomic E-state index is 0.403. The maximum atomic E-state index is 5.91. The van der Waals surface area contributed by atoms with Gasteiger partial charge in [0.1, 0.15) is 12.4 Å². The van der Waals surface area contributed by atoms with Crippen molar-refractivity contribution in [2.45, 2.75) is 6.61 Å². The first-order chi connectivity index (χ1) is 10.8. The van der Waals surface area contributed by atoms with Gasteiger partial charge < -0.3 is 4.74 Å². The van der Waals surface area contributed by atoms with E-state index in [0.717, 1.165) is 21.3 Å². The van der Waals surface area contributed by atoms with E-state index in [1.807, 2.05) is 41.1 Å². The number of aromatic nitrogens is 3. The van der Waals surface area contributed by atoms with Crippen LogP contribution in [0, 0.1) is 0 Å². The van der Waals surface area contributed by atoms with Gasteiger partial charge in [0.15, 0.2) is 0 Å². The summed E-state index contributed by atoms with van der Waals surface area (Å²) < 4.78 is 8.76. The summed E-state index contributed by atoms with van der Waals surface area (Å²) >= 11 is 3.63. The summed E-state index contributed by atoms with van der Waals surface area (Å²) in [4.78, 5) is 8.63. The van der Waals surface area contributed by atoms with Gasteiger partial charge in [0, 0.05) is 18.6 Å². The Balaban J connectivity index is 1.62. The lowest BCUT2D eigenvalue weighted by Crippen LogP contribution is -1.96. The normalized spacial score (nSPS) is 11.1. The average Bonchev–Trinajstić information content (AvgIpc) is 2.97. The highest BCUT2D eigenvalue weighted by Crippen LogP contribution is 2.33. The average molecular weight is 354 g/mol. The van der Waals surface area contributed by atoms with Gasteiger partial charge >= 0.3 is 0 Å². The fourth-order valence-corrected chi connectivity index (χ4v) is 3.03. The van der Waals surface area contributed by atoms with Crippen molar-refractivity contribution < 1.29 is 4.74 Å². The first-order valence-corrected chi connectivity index (χ1v) is 7.69. The fourth-order valence-electron chi connectivity index (χ4n) is 2.43. The molecule has 2 aromatic carbocycles. The first-order valence-electron chi connectivity index (χ1n) is 6.90. The maximum Gasteiger partial charge on any atom is 0.234 e. The SMILES string of the molecule is Brc1c(OCc2cn3cccnc3n2)ccc2ccccc12. The number of ether oxygens (including phenoxy) is 1. The Morgan fingerprint density at radius 1 is 1.09 bits per heavy atom. The number of halogens is 1. The Labute approximate surface area is 135 Å². The molecule has 2 heterocycles. The molecule has 0 aliphatic heterocycles. The van der Waals surface area contributed by atoms with Crippen LogP contribution in [-0.2, 0) is 6.61 Å². The molecule has 0 aliphatic rings. The Bertz CT molecular complexity index is 931. The van der Waals surface area contributed by atoms with E-state index in [4.69, 9.17) is 4.74 Å². The molecule has 0 atom stereocenters. The number of hydrogen-bond acceptors (Lipinski definition) is 3. The van der Waals surface area contributed by atoms with Crippen molar-refractivity contribution in [2.75, 3.05) is 0 Å². The summed E-state index contributed by atoms with van der Waals surface area (Å²) in [5.74, 6) is 1.49. The van der Waals surface area contributed by atoms with Gasteiger partial charge in [-0.05, 0) is 38.8 Å². The van der Waals surface area contributed by atoms with Crippen LogP contribution in [0.4, 0.5) is 0 Å². The van der Waals surface area contributed by atoms with Crippen molar-refractivity contribution in [3.8, 4) is 5.75 Å². The molecule has 0 saturated carbocycles. The van der Waals surface area contributed by atoms with E-state index < -0.39 is 0 Å². The molecule has 0 bridgehead atoms. The molecule has 2 aromatic heterocycles. The molecule has 5 heteroatoms. The van der Waals surface area contributed by atoms with Gasteiger partial charge in [-0.3, -0.25) is 4.40 Å². The number of hydrogen-bond donors (Lipinski definition) is 0. The van der Waals surface area contributed by atoms with Crippen molar-refractivity contribution >= 4 is 32.5 Å². The molecule has 4 rings (SSSR count). The molecule has 0 fully saturated rings. The van der Waals surface area contributed by atoms with Crippen molar-refractivity contribution in [3.63, 3.8) is 0 Å². The third-order valence-electron chi connectivity index (χ3n) is 3.49. The number of fused-ring (bicyclic) bond motifs is 2. The fraction of sp³-hybridized carbons (Fsp3) is 0.0588. The summed E-state index contributed by atoms with van der Waals surface area (Å²) in [7, 11) is 0. The molecule has 108 valence electrons. The summed E-state index contributed by atoms with van der Waals surface area (Å²) in [5, 5.41) is 2.32. The Morgan fingerprint density at radius 2 is 2.00 bits per heavy atom. The smallest absolute Gasteiger partial charge is 0.234 e. The van der Waals surface area contributed by atoms with E-state index in [2.05, 4.69) is 44.1 Å². The summed E-state index contributed by atoms with van der Waals surface area (Å²) in [6.45, 7) is 0.403. The lowest BCUT2D eigenvalue weighted by atomic mass is 10.1. The maximum absolute atomic E-state index is 5.91. The Kier molecular flexibility index (Phi) is 3.27. The highest BCUT2D eigenvalue weighted by Gasteiger charge is 2.08. The molecule has 0 spiro atoms. The molecular formula is C17H12BrN3O. The van der Waals surface area contributed by atoms with Gasteiger partial charge in [0.05, 0.1) is 10.2 Å². The van der Waals surface area contributed by atoms with Crippen LogP contribution in [-0.4, -0.2) is 14.4 Å². The molecule has 4 aromatic rings. The van der Waals surface area contributed by atoms with Crippen LogP contribution >= 0.6 is 15.9 Å². The van der Waals surface area contributed by atoms with Crippen molar-refractivity contribution in [2.24, 2.45) is 0 Å². The lowest BCUT2D eigenvalue weighted by Gasteiger charge is -2.09. The second-order valence-corrected chi connectivity index (χ2v) is 5.74.